The van der Waals surface area contributed by atoms with Gasteiger partial charge in [0, 0.05) is 11.7 Å². The van der Waals surface area contributed by atoms with E-state index in [1.807, 2.05) is 54.6 Å². The molecule has 1 amide bonds. The number of hydrogen-bond donors (Lipinski definition) is 1. The predicted octanol–water partition coefficient (Wildman–Crippen LogP) is 2.03. The van der Waals surface area contributed by atoms with Gasteiger partial charge in [-0.3, -0.25) is 4.79 Å². The van der Waals surface area contributed by atoms with Crippen LogP contribution in [0.5, 0.6) is 0 Å². The Hall–Kier alpha value is -3.22. The maximum atomic E-state index is 11.9. The predicted molar refractivity (Wildman–Crippen MR) is 97.8 cm³/mol. The van der Waals surface area contributed by atoms with Gasteiger partial charge in [0.05, 0.1) is 18.2 Å². The molecule has 2 unspecified atom stereocenters. The summed E-state index contributed by atoms with van der Waals surface area (Å²) in [5.41, 5.74) is 8.53. The third-order valence-electron chi connectivity index (χ3n) is 4.92. The van der Waals surface area contributed by atoms with E-state index in [9.17, 15) is 4.79 Å². The molecule has 26 heavy (non-hydrogen) atoms. The van der Waals surface area contributed by atoms with Crippen molar-refractivity contribution in [2.24, 2.45) is 5.73 Å². The number of anilines is 1. The molecule has 0 saturated heterocycles. The van der Waals surface area contributed by atoms with Crippen LogP contribution >= 0.6 is 0 Å². The van der Waals surface area contributed by atoms with Gasteiger partial charge in [-0.2, -0.15) is 4.68 Å². The summed E-state index contributed by atoms with van der Waals surface area (Å²) < 4.78 is 1.75. The molecule has 0 bridgehead atoms. The van der Waals surface area contributed by atoms with Gasteiger partial charge in [-0.15, -0.1) is 5.10 Å². The van der Waals surface area contributed by atoms with Gasteiger partial charge in [0.2, 0.25) is 5.91 Å². The first kappa shape index (κ1) is 16.3. The van der Waals surface area contributed by atoms with Gasteiger partial charge >= 0.3 is 0 Å². The number of aromatic nitrogens is 4. The highest BCUT2D eigenvalue weighted by Crippen LogP contribution is 2.38. The topological polar surface area (TPSA) is 89.9 Å². The molecule has 132 valence electrons. The van der Waals surface area contributed by atoms with E-state index in [4.69, 9.17) is 5.73 Å². The molecule has 4 rings (SSSR count). The molecule has 1 aliphatic heterocycles. The number of primary amides is 1. The maximum Gasteiger partial charge on any atom is 0.225 e. The van der Waals surface area contributed by atoms with Gasteiger partial charge in [0.1, 0.15) is 0 Å². The maximum absolute atomic E-state index is 11.9. The van der Waals surface area contributed by atoms with E-state index in [1.54, 1.807) is 4.68 Å². The van der Waals surface area contributed by atoms with E-state index in [0.29, 0.717) is 13.0 Å². The molecule has 0 aliphatic carbocycles. The minimum absolute atomic E-state index is 0.142. The number of hydrogen-bond acceptors (Lipinski definition) is 5. The van der Waals surface area contributed by atoms with E-state index >= 15 is 0 Å². The fourth-order valence-electron chi connectivity index (χ4n) is 3.61. The highest BCUT2D eigenvalue weighted by atomic mass is 16.1. The molecular formula is C19H20N6O. The Morgan fingerprint density at radius 1 is 1.15 bits per heavy atom. The van der Waals surface area contributed by atoms with E-state index in [1.165, 1.54) is 0 Å². The Bertz CT molecular complexity index is 923. The Morgan fingerprint density at radius 3 is 2.65 bits per heavy atom. The standard InChI is InChI=1S/C19H20N6O/c1-13-11-16(19(20)26)15-9-5-6-10-17(15)24(13)12-18-21-22-23-25(18)14-7-3-2-4-8-14/h2-10,13,16H,11-12H2,1H3,(H2,20,26). The lowest BCUT2D eigenvalue weighted by molar-refractivity contribution is -0.119. The van der Waals surface area contributed by atoms with Crippen LogP contribution in [0.1, 0.15) is 30.7 Å². The normalized spacial score (nSPS) is 19.2. The quantitative estimate of drug-likeness (QED) is 0.779. The van der Waals surface area contributed by atoms with Crippen LogP contribution < -0.4 is 10.6 Å². The number of tetrazole rings is 1. The van der Waals surface area contributed by atoms with Crippen molar-refractivity contribution in [3.05, 3.63) is 66.0 Å². The summed E-state index contributed by atoms with van der Waals surface area (Å²) in [6, 6.07) is 17.9. The van der Waals surface area contributed by atoms with Crippen LogP contribution in [-0.4, -0.2) is 32.2 Å². The summed E-state index contributed by atoms with van der Waals surface area (Å²) in [7, 11) is 0. The third-order valence-corrected chi connectivity index (χ3v) is 4.92. The summed E-state index contributed by atoms with van der Waals surface area (Å²) in [5, 5.41) is 12.2. The first-order chi connectivity index (χ1) is 12.6. The molecule has 2 N–H and O–H groups in total. The van der Waals surface area contributed by atoms with Crippen LogP contribution in [0.25, 0.3) is 5.69 Å². The van der Waals surface area contributed by atoms with E-state index in [0.717, 1.165) is 22.8 Å². The summed E-state index contributed by atoms with van der Waals surface area (Å²) in [5.74, 6) is 0.205. The lowest BCUT2D eigenvalue weighted by Crippen LogP contribution is -2.41. The zero-order chi connectivity index (χ0) is 18.1. The average molecular weight is 348 g/mol. The summed E-state index contributed by atoms with van der Waals surface area (Å²) >= 11 is 0. The Kier molecular flexibility index (Phi) is 4.12. The number of carbonyl (C=O) groups excluding carboxylic acids is 1. The molecule has 3 aromatic rings. The number of fused-ring (bicyclic) bond motifs is 1. The van der Waals surface area contributed by atoms with Gasteiger partial charge in [0.15, 0.2) is 5.82 Å². The molecule has 2 aromatic carbocycles. The first-order valence-corrected chi connectivity index (χ1v) is 8.62. The zero-order valence-electron chi connectivity index (χ0n) is 14.5. The molecule has 1 aliphatic rings. The largest absolute Gasteiger partial charge is 0.369 e. The molecular weight excluding hydrogens is 328 g/mol. The van der Waals surface area contributed by atoms with Crippen LogP contribution in [0.2, 0.25) is 0 Å². The second kappa shape index (κ2) is 6.59. The molecule has 0 fully saturated rings. The number of benzene rings is 2. The van der Waals surface area contributed by atoms with Gasteiger partial charge in [-0.25, -0.2) is 0 Å². The second-order valence-electron chi connectivity index (χ2n) is 6.57. The molecule has 0 spiro atoms. The van der Waals surface area contributed by atoms with Crippen molar-refractivity contribution in [1.29, 1.82) is 0 Å². The van der Waals surface area contributed by atoms with Crippen LogP contribution in [0, 0.1) is 0 Å². The lowest BCUT2D eigenvalue weighted by Gasteiger charge is -2.39. The van der Waals surface area contributed by atoms with Crippen LogP contribution in [-0.2, 0) is 11.3 Å². The van der Waals surface area contributed by atoms with Crippen molar-refractivity contribution in [3.63, 3.8) is 0 Å². The van der Waals surface area contributed by atoms with Crippen molar-refractivity contribution in [2.75, 3.05) is 4.90 Å². The van der Waals surface area contributed by atoms with Crippen LogP contribution in [0.3, 0.4) is 0 Å². The van der Waals surface area contributed by atoms with Crippen molar-refractivity contribution >= 4 is 11.6 Å². The highest BCUT2D eigenvalue weighted by molar-refractivity contribution is 5.85. The summed E-state index contributed by atoms with van der Waals surface area (Å²) in [4.78, 5) is 14.1. The van der Waals surface area contributed by atoms with Crippen molar-refractivity contribution in [3.8, 4) is 5.69 Å². The molecule has 2 heterocycles. The van der Waals surface area contributed by atoms with Gasteiger partial charge in [0.25, 0.3) is 0 Å². The average Bonchev–Trinajstić information content (AvgIpc) is 3.12. The number of nitrogens with two attached hydrogens (primary N) is 1. The lowest BCUT2D eigenvalue weighted by atomic mass is 9.85. The third kappa shape index (κ3) is 2.81. The first-order valence-electron chi connectivity index (χ1n) is 8.62. The van der Waals surface area contributed by atoms with Crippen molar-refractivity contribution in [1.82, 2.24) is 20.2 Å². The molecule has 7 heteroatoms. The Labute approximate surface area is 151 Å². The van der Waals surface area contributed by atoms with Crippen molar-refractivity contribution in [2.45, 2.75) is 31.8 Å². The zero-order valence-corrected chi connectivity index (χ0v) is 14.5. The number of carbonyl (C=O) groups is 1. The molecule has 7 nitrogen and oxygen atoms in total. The van der Waals surface area contributed by atoms with Crippen LogP contribution in [0.4, 0.5) is 5.69 Å². The number of nitrogens with zero attached hydrogens (tertiary/aromatic N) is 5. The monoisotopic (exact) mass is 348 g/mol. The Morgan fingerprint density at radius 2 is 1.88 bits per heavy atom. The van der Waals surface area contributed by atoms with Gasteiger partial charge in [-0.05, 0) is 47.5 Å². The fraction of sp³-hybridized carbons (Fsp3) is 0.263. The summed E-state index contributed by atoms with van der Waals surface area (Å²) in [6.45, 7) is 2.65. The number of para-hydroxylation sites is 2. The molecule has 2 atom stereocenters. The summed E-state index contributed by atoms with van der Waals surface area (Å²) in [6.07, 6.45) is 0.680. The highest BCUT2D eigenvalue weighted by Gasteiger charge is 2.33. The minimum atomic E-state index is -0.280. The number of rotatable bonds is 4. The van der Waals surface area contributed by atoms with Crippen molar-refractivity contribution < 1.29 is 4.79 Å². The second-order valence-corrected chi connectivity index (χ2v) is 6.57. The van der Waals surface area contributed by atoms with E-state index < -0.39 is 0 Å². The smallest absolute Gasteiger partial charge is 0.225 e. The molecule has 0 radical (unpaired) electrons. The SMILES string of the molecule is CC1CC(C(N)=O)c2ccccc2N1Cc1nnnn1-c1ccccc1. The van der Waals surface area contributed by atoms with Crippen LogP contribution in [0.15, 0.2) is 54.6 Å². The fourth-order valence-corrected chi connectivity index (χ4v) is 3.61. The van der Waals surface area contributed by atoms with Gasteiger partial charge in [-0.1, -0.05) is 36.4 Å². The molecule has 1 aromatic heterocycles. The minimum Gasteiger partial charge on any atom is -0.369 e. The molecule has 0 saturated carbocycles. The van der Waals surface area contributed by atoms with E-state index in [-0.39, 0.29) is 17.9 Å². The number of amides is 1. The Balaban J connectivity index is 1.70. The van der Waals surface area contributed by atoms with E-state index in [2.05, 4.69) is 27.3 Å². The van der Waals surface area contributed by atoms with Gasteiger partial charge < -0.3 is 10.6 Å².